The number of hydrogen-bond acceptors (Lipinski definition) is 4. The number of benzene rings is 1. The second-order valence-electron chi connectivity index (χ2n) is 6.53. The van der Waals surface area contributed by atoms with Gasteiger partial charge in [-0.1, -0.05) is 23.2 Å². The van der Waals surface area contributed by atoms with Gasteiger partial charge in [-0.05, 0) is 37.8 Å². The van der Waals surface area contributed by atoms with E-state index >= 15 is 0 Å². The van der Waals surface area contributed by atoms with Crippen LogP contribution < -0.4 is 4.74 Å². The van der Waals surface area contributed by atoms with E-state index in [1.165, 1.54) is 5.54 Å². The Kier molecular flexibility index (Phi) is 7.16. The molecule has 1 aromatic carbocycles. The molecule has 0 N–H and O–H groups in total. The third kappa shape index (κ3) is 6.47. The highest BCUT2D eigenvalue weighted by atomic mass is 35.5. The van der Waals surface area contributed by atoms with Crippen molar-refractivity contribution in [3.8, 4) is 5.75 Å². The average molecular weight is 388 g/mol. The van der Waals surface area contributed by atoms with Crippen molar-refractivity contribution in [1.29, 1.82) is 0 Å². The van der Waals surface area contributed by atoms with Gasteiger partial charge < -0.3 is 13.9 Å². The smallest absolute Gasteiger partial charge is 0.244 e. The topological polar surface area (TPSA) is 40.0 Å². The summed E-state index contributed by atoms with van der Waals surface area (Å²) >= 11 is 11.9. The Labute approximate surface area is 154 Å². The second-order valence-corrected chi connectivity index (χ2v) is 11.6. The lowest BCUT2D eigenvalue weighted by molar-refractivity contribution is 0.0255. The maximum Gasteiger partial charge on any atom is 0.244 e. The first-order valence-corrected chi connectivity index (χ1v) is 12.2. The van der Waals surface area contributed by atoms with Crippen LogP contribution in [0.2, 0.25) is 24.7 Å². The molecule has 4 nitrogen and oxygen atoms in total. The Bertz CT molecular complexity index is 608. The second kappa shape index (κ2) is 8.90. The normalized spacial score (nSPS) is 17.3. The highest BCUT2D eigenvalue weighted by molar-refractivity contribution is 6.70. The zero-order chi connectivity index (χ0) is 17.6. The molecule has 1 aliphatic rings. The highest BCUT2D eigenvalue weighted by Crippen LogP contribution is 2.25. The van der Waals surface area contributed by atoms with E-state index in [1.807, 2.05) is 18.2 Å². The predicted molar refractivity (Wildman–Crippen MR) is 102 cm³/mol. The van der Waals surface area contributed by atoms with E-state index in [0.29, 0.717) is 10.9 Å². The van der Waals surface area contributed by atoms with Crippen LogP contribution >= 0.6 is 23.2 Å². The zero-order valence-corrected chi connectivity index (χ0v) is 16.7. The number of halogens is 2. The van der Waals surface area contributed by atoms with E-state index in [2.05, 4.69) is 24.6 Å². The van der Waals surface area contributed by atoms with Crippen molar-refractivity contribution >= 4 is 37.7 Å². The third-order valence-electron chi connectivity index (χ3n) is 3.27. The monoisotopic (exact) mass is 387 g/mol. The first kappa shape index (κ1) is 19.3. The molecule has 0 unspecified atom stereocenters. The number of nitrogens with zero attached hydrogens (tertiary/aromatic N) is 1. The molecular formula is C17H23Cl2NO3Si. The standard InChI is InChI=1S/C17H23Cl2NO3Si/c1-24(2,3)23-17(11-18)20-12-13-10-14(19)4-5-16(13)22-15-6-8-21-9-7-15/h4-5,10-12,15H,6-9H2,1-3H3/b17-11-,20-12?. The van der Waals surface area contributed by atoms with Gasteiger partial charge in [0.15, 0.2) is 0 Å². The van der Waals surface area contributed by atoms with Crippen LogP contribution in [0.5, 0.6) is 5.75 Å². The molecule has 1 aromatic rings. The Morgan fingerprint density at radius 1 is 1.29 bits per heavy atom. The molecule has 24 heavy (non-hydrogen) atoms. The molecule has 0 saturated carbocycles. The number of aliphatic imine (C=N–C) groups is 1. The molecule has 0 amide bonds. The maximum atomic E-state index is 6.11. The van der Waals surface area contributed by atoms with Crippen molar-refractivity contribution in [2.45, 2.75) is 38.6 Å². The Morgan fingerprint density at radius 3 is 2.62 bits per heavy atom. The van der Waals surface area contributed by atoms with Gasteiger partial charge in [0.05, 0.1) is 18.7 Å². The highest BCUT2D eigenvalue weighted by Gasteiger charge is 2.18. The first-order valence-electron chi connectivity index (χ1n) is 7.95. The molecule has 0 atom stereocenters. The summed E-state index contributed by atoms with van der Waals surface area (Å²) in [5.41, 5.74) is 2.14. The SMILES string of the molecule is C[Si](C)(C)O/C(=C\Cl)N=Cc1cc(Cl)ccc1OC1CCOCC1. The third-order valence-corrected chi connectivity index (χ3v) is 4.51. The molecule has 1 saturated heterocycles. The van der Waals surface area contributed by atoms with Gasteiger partial charge in [-0.3, -0.25) is 0 Å². The van der Waals surface area contributed by atoms with Crippen LogP contribution in [0.3, 0.4) is 0 Å². The van der Waals surface area contributed by atoms with Crippen molar-refractivity contribution in [1.82, 2.24) is 0 Å². The molecule has 0 aromatic heterocycles. The van der Waals surface area contributed by atoms with Crippen molar-refractivity contribution in [3.05, 3.63) is 40.2 Å². The van der Waals surface area contributed by atoms with Gasteiger partial charge in [0.1, 0.15) is 11.9 Å². The minimum absolute atomic E-state index is 0.147. The summed E-state index contributed by atoms with van der Waals surface area (Å²) < 4.78 is 17.3. The van der Waals surface area contributed by atoms with Crippen LogP contribution in [-0.4, -0.2) is 33.8 Å². The Hall–Kier alpha value is -1.01. The molecule has 1 heterocycles. The largest absolute Gasteiger partial charge is 0.531 e. The van der Waals surface area contributed by atoms with Crippen LogP contribution in [0.4, 0.5) is 0 Å². The first-order chi connectivity index (χ1) is 11.4. The molecule has 1 aliphatic heterocycles. The fourth-order valence-electron chi connectivity index (χ4n) is 2.22. The van der Waals surface area contributed by atoms with Crippen LogP contribution in [0, 0.1) is 0 Å². The molecule has 2 rings (SSSR count). The summed E-state index contributed by atoms with van der Waals surface area (Å²) in [7, 11) is -1.78. The molecule has 0 bridgehead atoms. The quantitative estimate of drug-likeness (QED) is 0.382. The fraction of sp³-hybridized carbons (Fsp3) is 0.471. The van der Waals surface area contributed by atoms with E-state index in [4.69, 9.17) is 37.1 Å². The van der Waals surface area contributed by atoms with Gasteiger partial charge in [0.2, 0.25) is 14.2 Å². The van der Waals surface area contributed by atoms with E-state index in [0.717, 1.165) is 37.4 Å². The zero-order valence-electron chi connectivity index (χ0n) is 14.2. The molecule has 7 heteroatoms. The number of hydrogen-bond donors (Lipinski definition) is 0. The fourth-order valence-corrected chi connectivity index (χ4v) is 3.32. The van der Waals surface area contributed by atoms with Crippen molar-refractivity contribution in [3.63, 3.8) is 0 Å². The van der Waals surface area contributed by atoms with E-state index in [1.54, 1.807) is 6.21 Å². The Morgan fingerprint density at radius 2 is 2.00 bits per heavy atom. The summed E-state index contributed by atoms with van der Waals surface area (Å²) in [5, 5.41) is 0.623. The summed E-state index contributed by atoms with van der Waals surface area (Å²) in [4.78, 5) is 4.35. The van der Waals surface area contributed by atoms with Crippen LogP contribution in [-0.2, 0) is 9.16 Å². The van der Waals surface area contributed by atoms with Crippen LogP contribution in [0.1, 0.15) is 18.4 Å². The molecule has 0 radical (unpaired) electrons. The van der Waals surface area contributed by atoms with Gasteiger partial charge in [-0.2, -0.15) is 0 Å². The molecule has 1 fully saturated rings. The van der Waals surface area contributed by atoms with Crippen LogP contribution in [0.15, 0.2) is 34.6 Å². The summed E-state index contributed by atoms with van der Waals surface area (Å²) in [5.74, 6) is 1.14. The van der Waals surface area contributed by atoms with Crippen LogP contribution in [0.25, 0.3) is 0 Å². The van der Waals surface area contributed by atoms with Crippen molar-refractivity contribution < 1.29 is 13.9 Å². The lowest BCUT2D eigenvalue weighted by Crippen LogP contribution is -2.26. The maximum absolute atomic E-state index is 6.11. The summed E-state index contributed by atoms with van der Waals surface area (Å²) in [6, 6.07) is 5.49. The lowest BCUT2D eigenvalue weighted by atomic mass is 10.1. The van der Waals surface area contributed by atoms with E-state index < -0.39 is 8.32 Å². The van der Waals surface area contributed by atoms with E-state index in [-0.39, 0.29) is 6.10 Å². The van der Waals surface area contributed by atoms with Crippen molar-refractivity contribution in [2.24, 2.45) is 4.99 Å². The van der Waals surface area contributed by atoms with E-state index in [9.17, 15) is 0 Å². The average Bonchev–Trinajstić information content (AvgIpc) is 2.53. The van der Waals surface area contributed by atoms with Gasteiger partial charge in [-0.15, -0.1) is 0 Å². The molecule has 0 spiro atoms. The number of rotatable bonds is 6. The summed E-state index contributed by atoms with van der Waals surface area (Å²) in [6.07, 6.45) is 3.58. The predicted octanol–water partition coefficient (Wildman–Crippen LogP) is 5.21. The minimum atomic E-state index is -1.78. The van der Waals surface area contributed by atoms with Crippen molar-refractivity contribution in [2.75, 3.05) is 13.2 Å². The molecule has 132 valence electrons. The van der Waals surface area contributed by atoms with Gasteiger partial charge >= 0.3 is 0 Å². The van der Waals surface area contributed by atoms with Gasteiger partial charge in [0, 0.05) is 29.6 Å². The Balaban J connectivity index is 2.15. The van der Waals surface area contributed by atoms with Gasteiger partial charge in [-0.25, -0.2) is 4.99 Å². The lowest BCUT2D eigenvalue weighted by Gasteiger charge is -2.24. The molecular weight excluding hydrogens is 365 g/mol. The number of ether oxygens (including phenoxy) is 2. The van der Waals surface area contributed by atoms with Gasteiger partial charge in [0.25, 0.3) is 0 Å². The summed E-state index contributed by atoms with van der Waals surface area (Å²) in [6.45, 7) is 7.67. The molecule has 0 aliphatic carbocycles. The minimum Gasteiger partial charge on any atom is -0.531 e.